The number of thiazole rings is 1. The largest absolute Gasteiger partial charge is 0.378 e. The van der Waals surface area contributed by atoms with Crippen molar-refractivity contribution in [2.24, 2.45) is 0 Å². The lowest BCUT2D eigenvalue weighted by atomic mass is 10.3. The molecule has 0 aliphatic rings. The average molecular weight is 297 g/mol. The molecule has 2 rings (SSSR count). The second kappa shape index (κ2) is 6.14. The monoisotopic (exact) mass is 296 g/mol. The number of hydrogen-bond donors (Lipinski definition) is 1. The number of nitrogens with one attached hydrogen (secondary N) is 1. The van der Waals surface area contributed by atoms with Crippen molar-refractivity contribution in [3.05, 3.63) is 44.9 Å². The van der Waals surface area contributed by atoms with Crippen LogP contribution in [0.15, 0.2) is 24.3 Å². The normalized spacial score (nSPS) is 10.5. The van der Waals surface area contributed by atoms with E-state index in [4.69, 9.17) is 16.3 Å². The summed E-state index contributed by atoms with van der Waals surface area (Å²) in [5.41, 5.74) is 1.37. The number of hydrogen-bond acceptors (Lipinski definition) is 4. The van der Waals surface area contributed by atoms with E-state index in [1.807, 2.05) is 6.92 Å². The minimum Gasteiger partial charge on any atom is -0.378 e. The summed E-state index contributed by atoms with van der Waals surface area (Å²) in [6.07, 6.45) is 0. The van der Waals surface area contributed by atoms with Gasteiger partial charge in [-0.1, -0.05) is 17.7 Å². The van der Waals surface area contributed by atoms with Crippen molar-refractivity contribution in [3.8, 4) is 0 Å². The van der Waals surface area contributed by atoms with E-state index in [2.05, 4.69) is 10.3 Å². The minimum absolute atomic E-state index is 0.181. The van der Waals surface area contributed by atoms with Crippen LogP contribution in [0.4, 0.5) is 5.69 Å². The van der Waals surface area contributed by atoms with Crippen LogP contribution in [0.5, 0.6) is 0 Å². The van der Waals surface area contributed by atoms with E-state index in [-0.39, 0.29) is 5.91 Å². The van der Waals surface area contributed by atoms with Crippen molar-refractivity contribution in [1.82, 2.24) is 4.98 Å². The van der Waals surface area contributed by atoms with Gasteiger partial charge in [-0.05, 0) is 25.1 Å². The minimum atomic E-state index is -0.181. The van der Waals surface area contributed by atoms with Crippen molar-refractivity contribution in [1.29, 1.82) is 0 Å². The number of amides is 1. The van der Waals surface area contributed by atoms with Gasteiger partial charge in [-0.15, -0.1) is 11.3 Å². The smallest absolute Gasteiger partial charge is 0.267 e. The molecule has 0 radical (unpaired) electrons. The number of benzene rings is 1. The number of halogens is 1. The molecule has 1 amide bonds. The average Bonchev–Trinajstić information content (AvgIpc) is 2.71. The number of ether oxygens (including phenoxy) is 1. The first kappa shape index (κ1) is 14.0. The molecule has 0 saturated carbocycles. The number of methoxy groups -OCH3 is 1. The quantitative estimate of drug-likeness (QED) is 0.939. The van der Waals surface area contributed by atoms with E-state index in [0.29, 0.717) is 27.9 Å². The zero-order chi connectivity index (χ0) is 13.8. The molecule has 100 valence electrons. The Morgan fingerprint density at radius 3 is 3.00 bits per heavy atom. The van der Waals surface area contributed by atoms with Crippen molar-refractivity contribution < 1.29 is 9.53 Å². The Morgan fingerprint density at radius 2 is 2.32 bits per heavy atom. The zero-order valence-corrected chi connectivity index (χ0v) is 12.1. The molecule has 0 aliphatic heterocycles. The fraction of sp³-hybridized carbons (Fsp3) is 0.231. The maximum Gasteiger partial charge on any atom is 0.267 e. The van der Waals surface area contributed by atoms with E-state index in [9.17, 15) is 4.79 Å². The van der Waals surface area contributed by atoms with Crippen LogP contribution >= 0.6 is 22.9 Å². The third kappa shape index (κ3) is 3.53. The molecule has 6 heteroatoms. The van der Waals surface area contributed by atoms with Crippen LogP contribution in [0.25, 0.3) is 0 Å². The van der Waals surface area contributed by atoms with Gasteiger partial charge >= 0.3 is 0 Å². The molecule has 0 atom stereocenters. The predicted molar refractivity (Wildman–Crippen MR) is 77.0 cm³/mol. The first-order chi connectivity index (χ1) is 9.10. The second-order valence-corrected chi connectivity index (χ2v) is 5.44. The Hall–Kier alpha value is -1.43. The van der Waals surface area contributed by atoms with Gasteiger partial charge in [0.2, 0.25) is 0 Å². The Morgan fingerprint density at radius 1 is 1.53 bits per heavy atom. The molecule has 1 heterocycles. The molecule has 0 unspecified atom stereocenters. The highest BCUT2D eigenvalue weighted by molar-refractivity contribution is 7.13. The van der Waals surface area contributed by atoms with Gasteiger partial charge in [0.05, 0.1) is 12.3 Å². The number of carbonyl (C=O) groups excluding carboxylic acids is 1. The summed E-state index contributed by atoms with van der Waals surface area (Å²) in [5.74, 6) is -0.181. The SMILES string of the molecule is COCc1nc(C)c(C(=O)Nc2cccc(Cl)c2)s1. The van der Waals surface area contributed by atoms with Crippen molar-refractivity contribution in [3.63, 3.8) is 0 Å². The molecule has 4 nitrogen and oxygen atoms in total. The lowest BCUT2D eigenvalue weighted by Crippen LogP contribution is -2.11. The number of aromatic nitrogens is 1. The van der Waals surface area contributed by atoms with E-state index >= 15 is 0 Å². The van der Waals surface area contributed by atoms with Crippen LogP contribution < -0.4 is 5.32 Å². The summed E-state index contributed by atoms with van der Waals surface area (Å²) in [7, 11) is 1.60. The van der Waals surface area contributed by atoms with Gasteiger partial charge in [-0.2, -0.15) is 0 Å². The van der Waals surface area contributed by atoms with Crippen molar-refractivity contribution in [2.75, 3.05) is 12.4 Å². The maximum atomic E-state index is 12.1. The highest BCUT2D eigenvalue weighted by atomic mass is 35.5. The van der Waals surface area contributed by atoms with E-state index in [1.54, 1.807) is 31.4 Å². The van der Waals surface area contributed by atoms with Gasteiger partial charge in [0.15, 0.2) is 0 Å². The molecule has 0 fully saturated rings. The van der Waals surface area contributed by atoms with Gasteiger partial charge in [-0.25, -0.2) is 4.98 Å². The van der Waals surface area contributed by atoms with Crippen LogP contribution in [-0.2, 0) is 11.3 Å². The number of rotatable bonds is 4. The van der Waals surface area contributed by atoms with E-state index in [1.165, 1.54) is 11.3 Å². The Kier molecular flexibility index (Phi) is 4.52. The highest BCUT2D eigenvalue weighted by Gasteiger charge is 2.15. The summed E-state index contributed by atoms with van der Waals surface area (Å²) >= 11 is 7.21. The van der Waals surface area contributed by atoms with Gasteiger partial charge in [0.25, 0.3) is 5.91 Å². The molecule has 2 aromatic rings. The predicted octanol–water partition coefficient (Wildman–Crippen LogP) is 3.50. The fourth-order valence-electron chi connectivity index (χ4n) is 1.60. The zero-order valence-electron chi connectivity index (χ0n) is 10.6. The van der Waals surface area contributed by atoms with Crippen LogP contribution in [-0.4, -0.2) is 18.0 Å². The summed E-state index contributed by atoms with van der Waals surface area (Å²) in [6.45, 7) is 2.22. The lowest BCUT2D eigenvalue weighted by molar-refractivity contribution is 0.103. The molecule has 19 heavy (non-hydrogen) atoms. The first-order valence-corrected chi connectivity index (χ1v) is 6.81. The third-order valence-electron chi connectivity index (χ3n) is 2.40. The van der Waals surface area contributed by atoms with Crippen molar-refractivity contribution in [2.45, 2.75) is 13.5 Å². The highest BCUT2D eigenvalue weighted by Crippen LogP contribution is 2.21. The maximum absolute atomic E-state index is 12.1. The topological polar surface area (TPSA) is 51.2 Å². The molecule has 1 aromatic carbocycles. The molecule has 0 saturated heterocycles. The van der Waals surface area contributed by atoms with Gasteiger partial charge in [0, 0.05) is 17.8 Å². The Balaban J connectivity index is 2.15. The molecule has 1 N–H and O–H groups in total. The number of anilines is 1. The lowest BCUT2D eigenvalue weighted by Gasteiger charge is -2.04. The van der Waals surface area contributed by atoms with E-state index < -0.39 is 0 Å². The summed E-state index contributed by atoms with van der Waals surface area (Å²) in [5, 5.41) is 4.17. The number of nitrogens with zero attached hydrogens (tertiary/aromatic N) is 1. The molecular formula is C13H13ClN2O2S. The standard InChI is InChI=1S/C13H13ClN2O2S/c1-8-12(19-11(15-8)7-18-2)13(17)16-10-5-3-4-9(14)6-10/h3-6H,7H2,1-2H3,(H,16,17). The van der Waals surface area contributed by atoms with Crippen LogP contribution in [0, 0.1) is 6.92 Å². The Labute approximate surface area is 120 Å². The van der Waals surface area contributed by atoms with Crippen LogP contribution in [0.3, 0.4) is 0 Å². The Bertz CT molecular complexity index is 598. The van der Waals surface area contributed by atoms with Gasteiger partial charge in [-0.3, -0.25) is 4.79 Å². The molecule has 0 bridgehead atoms. The van der Waals surface area contributed by atoms with Gasteiger partial charge < -0.3 is 10.1 Å². The number of aryl methyl sites for hydroxylation is 1. The second-order valence-electron chi connectivity index (χ2n) is 3.92. The summed E-state index contributed by atoms with van der Waals surface area (Å²) in [4.78, 5) is 17.0. The van der Waals surface area contributed by atoms with Crippen LogP contribution in [0.1, 0.15) is 20.4 Å². The molecule has 1 aromatic heterocycles. The molecular weight excluding hydrogens is 284 g/mol. The first-order valence-electron chi connectivity index (χ1n) is 5.62. The molecule has 0 aliphatic carbocycles. The summed E-state index contributed by atoms with van der Waals surface area (Å²) in [6, 6.07) is 7.03. The summed E-state index contributed by atoms with van der Waals surface area (Å²) < 4.78 is 5.01. The third-order valence-corrected chi connectivity index (χ3v) is 3.76. The van der Waals surface area contributed by atoms with Gasteiger partial charge in [0.1, 0.15) is 9.88 Å². The fourth-order valence-corrected chi connectivity index (χ4v) is 2.72. The van der Waals surface area contributed by atoms with E-state index in [0.717, 1.165) is 5.01 Å². The number of carbonyl (C=O) groups is 1. The van der Waals surface area contributed by atoms with Crippen LogP contribution in [0.2, 0.25) is 5.02 Å². The molecule has 0 spiro atoms. The van der Waals surface area contributed by atoms with Crippen molar-refractivity contribution >= 4 is 34.5 Å².